The number of unbranched alkanes of at least 4 members (excludes halogenated alkanes) is 8. The second kappa shape index (κ2) is 24.8. The van der Waals surface area contributed by atoms with Gasteiger partial charge in [0.2, 0.25) is 0 Å². The van der Waals surface area contributed by atoms with E-state index in [9.17, 15) is 9.59 Å². The highest BCUT2D eigenvalue weighted by Gasteiger charge is 2.14. The largest absolute Gasteiger partial charge is 0.481 e. The number of aliphatic carboxylic acids is 1. The van der Waals surface area contributed by atoms with E-state index in [0.29, 0.717) is 12.8 Å². The summed E-state index contributed by atoms with van der Waals surface area (Å²) in [7, 11) is 0. The Morgan fingerprint density at radius 1 is 0.697 bits per heavy atom. The molecule has 0 aliphatic carbocycles. The number of carbonyl (C=O) groups excluding carboxylic acids is 1. The van der Waals surface area contributed by atoms with Crippen molar-refractivity contribution >= 4 is 11.9 Å². The molecule has 0 saturated heterocycles. The van der Waals surface area contributed by atoms with E-state index in [0.717, 1.165) is 77.0 Å². The fourth-order valence-corrected chi connectivity index (χ4v) is 3.67. The van der Waals surface area contributed by atoms with Crippen LogP contribution in [0.25, 0.3) is 0 Å². The van der Waals surface area contributed by atoms with Crippen molar-refractivity contribution in [1.82, 2.24) is 0 Å². The molecule has 0 rings (SSSR count). The third kappa shape index (κ3) is 24.6. The fourth-order valence-electron chi connectivity index (χ4n) is 3.67. The van der Waals surface area contributed by atoms with Gasteiger partial charge in [-0.2, -0.15) is 0 Å². The highest BCUT2D eigenvalue weighted by atomic mass is 16.5. The monoisotopic (exact) mass is 462 g/mol. The number of esters is 1. The number of hydrogen-bond acceptors (Lipinski definition) is 3. The summed E-state index contributed by atoms with van der Waals surface area (Å²) in [5, 5.41) is 8.75. The minimum absolute atomic E-state index is 0.00682. The molecule has 0 aromatic rings. The first-order valence-corrected chi connectivity index (χ1v) is 13.5. The fraction of sp³-hybridized carbons (Fsp3) is 0.724. The van der Waals surface area contributed by atoms with E-state index in [1.165, 1.54) is 19.3 Å². The molecule has 0 radical (unpaired) electrons. The van der Waals surface area contributed by atoms with Crippen molar-refractivity contribution in [2.75, 3.05) is 0 Å². The van der Waals surface area contributed by atoms with Gasteiger partial charge >= 0.3 is 11.9 Å². The maximum atomic E-state index is 12.3. The molecule has 0 spiro atoms. The summed E-state index contributed by atoms with van der Waals surface area (Å²) in [6.07, 6.45) is 30.2. The summed E-state index contributed by atoms with van der Waals surface area (Å²) < 4.78 is 5.78. The van der Waals surface area contributed by atoms with E-state index in [4.69, 9.17) is 9.84 Å². The minimum Gasteiger partial charge on any atom is -0.481 e. The lowest BCUT2D eigenvalue weighted by Crippen LogP contribution is -2.18. The Bertz CT molecular complexity index is 548. The number of carboxylic acids is 1. The number of rotatable bonds is 23. The molecule has 0 saturated carbocycles. The maximum Gasteiger partial charge on any atom is 0.306 e. The second-order valence-electron chi connectivity index (χ2n) is 8.85. The zero-order valence-electron chi connectivity index (χ0n) is 21.4. The topological polar surface area (TPSA) is 63.6 Å². The quantitative estimate of drug-likeness (QED) is 0.0936. The van der Waals surface area contributed by atoms with Gasteiger partial charge in [-0.15, -0.1) is 0 Å². The Morgan fingerprint density at radius 3 is 1.91 bits per heavy atom. The first kappa shape index (κ1) is 31.2. The number of carboxylic acid groups (broad SMARTS) is 1. The zero-order chi connectivity index (χ0) is 24.4. The lowest BCUT2D eigenvalue weighted by atomic mass is 10.0. The molecule has 4 heteroatoms. The lowest BCUT2D eigenvalue weighted by Gasteiger charge is -2.18. The predicted octanol–water partition coefficient (Wildman–Crippen LogP) is 8.71. The molecule has 4 nitrogen and oxygen atoms in total. The molecule has 1 N–H and O–H groups in total. The Kier molecular flexibility index (Phi) is 23.4. The molecule has 33 heavy (non-hydrogen) atoms. The predicted molar refractivity (Wildman–Crippen MR) is 139 cm³/mol. The molecule has 0 aromatic heterocycles. The molecular weight excluding hydrogens is 412 g/mol. The van der Waals surface area contributed by atoms with Crippen molar-refractivity contribution in [2.45, 2.75) is 136 Å². The smallest absolute Gasteiger partial charge is 0.306 e. The van der Waals surface area contributed by atoms with Crippen molar-refractivity contribution in [2.24, 2.45) is 0 Å². The number of carbonyl (C=O) groups is 2. The van der Waals surface area contributed by atoms with E-state index in [-0.39, 0.29) is 18.5 Å². The van der Waals surface area contributed by atoms with Gasteiger partial charge in [-0.05, 0) is 70.6 Å². The van der Waals surface area contributed by atoms with Crippen LogP contribution in [0.2, 0.25) is 0 Å². The molecular formula is C29H50O4. The average molecular weight is 463 g/mol. The van der Waals surface area contributed by atoms with Crippen molar-refractivity contribution < 1.29 is 19.4 Å². The average Bonchev–Trinajstić information content (AvgIpc) is 2.79. The SMILES string of the molecule is CC/C=C\C/C=C\C/C=C\CCCCCC(=O)OC(CCCCCC)CCCCCC(=O)O. The standard InChI is InChI=1S/C29H50O4/c1-3-5-7-9-10-11-12-13-14-15-16-17-22-26-29(32)33-27(23-19-8-6-4-2)24-20-18-21-25-28(30)31/h5,7,10-11,13-14,27H,3-4,6,8-9,12,15-26H2,1-2H3,(H,30,31)/b7-5-,11-10-,14-13-. The maximum absolute atomic E-state index is 12.3. The number of ether oxygens (including phenoxy) is 1. The minimum atomic E-state index is -0.736. The van der Waals surface area contributed by atoms with Gasteiger partial charge in [-0.3, -0.25) is 9.59 Å². The second-order valence-corrected chi connectivity index (χ2v) is 8.85. The molecule has 0 heterocycles. The highest BCUT2D eigenvalue weighted by molar-refractivity contribution is 5.69. The summed E-state index contributed by atoms with van der Waals surface area (Å²) in [6, 6.07) is 0. The van der Waals surface area contributed by atoms with E-state index >= 15 is 0 Å². The summed E-state index contributed by atoms with van der Waals surface area (Å²) in [5.41, 5.74) is 0. The lowest BCUT2D eigenvalue weighted by molar-refractivity contribution is -0.150. The highest BCUT2D eigenvalue weighted by Crippen LogP contribution is 2.17. The zero-order valence-corrected chi connectivity index (χ0v) is 21.4. The van der Waals surface area contributed by atoms with Gasteiger partial charge in [0.25, 0.3) is 0 Å². The molecule has 0 aliphatic heterocycles. The first-order valence-electron chi connectivity index (χ1n) is 13.5. The molecule has 0 amide bonds. The van der Waals surface area contributed by atoms with Gasteiger partial charge in [-0.25, -0.2) is 0 Å². The van der Waals surface area contributed by atoms with Crippen molar-refractivity contribution in [3.63, 3.8) is 0 Å². The molecule has 0 bridgehead atoms. The molecule has 0 aromatic carbocycles. The van der Waals surface area contributed by atoms with Crippen LogP contribution in [0.1, 0.15) is 129 Å². The van der Waals surface area contributed by atoms with Crippen LogP contribution in [0.15, 0.2) is 36.5 Å². The Morgan fingerprint density at radius 2 is 1.27 bits per heavy atom. The Balaban J connectivity index is 3.95. The van der Waals surface area contributed by atoms with Gasteiger partial charge < -0.3 is 9.84 Å². The van der Waals surface area contributed by atoms with Gasteiger partial charge in [0.1, 0.15) is 6.10 Å². The van der Waals surface area contributed by atoms with Crippen LogP contribution in [0.5, 0.6) is 0 Å². The van der Waals surface area contributed by atoms with E-state index in [2.05, 4.69) is 50.3 Å². The molecule has 1 unspecified atom stereocenters. The Hall–Kier alpha value is -1.84. The van der Waals surface area contributed by atoms with E-state index in [1.807, 2.05) is 0 Å². The van der Waals surface area contributed by atoms with Crippen molar-refractivity contribution in [3.8, 4) is 0 Å². The van der Waals surface area contributed by atoms with Crippen molar-refractivity contribution in [1.29, 1.82) is 0 Å². The molecule has 0 fully saturated rings. The van der Waals surface area contributed by atoms with Gasteiger partial charge in [0.15, 0.2) is 0 Å². The third-order valence-corrected chi connectivity index (χ3v) is 5.63. The van der Waals surface area contributed by atoms with Crippen LogP contribution in [0.3, 0.4) is 0 Å². The van der Waals surface area contributed by atoms with Crippen LogP contribution in [0.4, 0.5) is 0 Å². The molecule has 190 valence electrons. The van der Waals surface area contributed by atoms with E-state index < -0.39 is 5.97 Å². The summed E-state index contributed by atoms with van der Waals surface area (Å²) >= 11 is 0. The van der Waals surface area contributed by atoms with Crippen LogP contribution in [-0.2, 0) is 14.3 Å². The van der Waals surface area contributed by atoms with Crippen molar-refractivity contribution in [3.05, 3.63) is 36.5 Å². The summed E-state index contributed by atoms with van der Waals surface area (Å²) in [5.74, 6) is -0.806. The van der Waals surface area contributed by atoms with Crippen LogP contribution in [-0.4, -0.2) is 23.1 Å². The molecule has 1 atom stereocenters. The van der Waals surface area contributed by atoms with Crippen LogP contribution < -0.4 is 0 Å². The number of hydrogen-bond donors (Lipinski definition) is 1. The van der Waals surface area contributed by atoms with Gasteiger partial charge in [0, 0.05) is 12.8 Å². The summed E-state index contributed by atoms with van der Waals surface area (Å²) in [6.45, 7) is 4.34. The third-order valence-electron chi connectivity index (χ3n) is 5.63. The van der Waals surface area contributed by atoms with Crippen LogP contribution >= 0.6 is 0 Å². The summed E-state index contributed by atoms with van der Waals surface area (Å²) in [4.78, 5) is 22.9. The number of allylic oxidation sites excluding steroid dienone is 6. The van der Waals surface area contributed by atoms with Gasteiger partial charge in [-0.1, -0.05) is 82.4 Å². The van der Waals surface area contributed by atoms with Gasteiger partial charge in [0.05, 0.1) is 0 Å². The normalized spacial score (nSPS) is 12.8. The first-order chi connectivity index (χ1) is 16.1. The van der Waals surface area contributed by atoms with E-state index in [1.54, 1.807) is 0 Å². The molecule has 0 aliphatic rings. The Labute approximate surface area is 203 Å². The van der Waals surface area contributed by atoms with Crippen LogP contribution in [0, 0.1) is 0 Å².